The Labute approximate surface area is 133 Å². The van der Waals surface area contributed by atoms with Gasteiger partial charge in [0, 0.05) is 33.6 Å². The molecule has 1 unspecified atom stereocenters. The van der Waals surface area contributed by atoms with Gasteiger partial charge in [-0.1, -0.05) is 35.0 Å². The van der Waals surface area contributed by atoms with Crippen LogP contribution in [0.1, 0.15) is 24.1 Å². The molecule has 0 spiro atoms. The predicted molar refractivity (Wildman–Crippen MR) is 90.3 cm³/mol. The zero-order chi connectivity index (χ0) is 14.4. The first-order valence-electron chi connectivity index (χ1n) is 6.72. The molecule has 20 heavy (non-hydrogen) atoms. The maximum atomic E-state index is 4.30. The molecular weight excluding hydrogens is 332 g/mol. The van der Waals surface area contributed by atoms with Gasteiger partial charge in [0.1, 0.15) is 0 Å². The summed E-state index contributed by atoms with van der Waals surface area (Å²) in [6.07, 6.45) is 3.86. The van der Waals surface area contributed by atoms with E-state index in [2.05, 4.69) is 70.4 Å². The Kier molecular flexibility index (Phi) is 6.07. The van der Waals surface area contributed by atoms with Crippen molar-refractivity contribution in [2.24, 2.45) is 0 Å². The van der Waals surface area contributed by atoms with Crippen molar-refractivity contribution in [3.8, 4) is 0 Å². The molecule has 2 rings (SSSR count). The van der Waals surface area contributed by atoms with Crippen LogP contribution in [0.5, 0.6) is 0 Å². The Hall–Kier alpha value is -0.840. The van der Waals surface area contributed by atoms with Crippen molar-refractivity contribution in [3.63, 3.8) is 0 Å². The summed E-state index contributed by atoms with van der Waals surface area (Å²) in [7, 11) is 0. The van der Waals surface area contributed by atoms with Gasteiger partial charge in [0.15, 0.2) is 0 Å². The quantitative estimate of drug-likeness (QED) is 0.770. The Morgan fingerprint density at radius 2 is 2.15 bits per heavy atom. The predicted octanol–water partition coefficient (Wildman–Crippen LogP) is 4.60. The summed E-state index contributed by atoms with van der Waals surface area (Å²) >= 11 is 5.38. The third kappa shape index (κ3) is 4.62. The van der Waals surface area contributed by atoms with Crippen molar-refractivity contribution in [2.75, 3.05) is 12.3 Å². The minimum Gasteiger partial charge on any atom is -0.309 e. The molecule has 0 fully saturated rings. The number of aromatic nitrogens is 1. The highest BCUT2D eigenvalue weighted by Gasteiger charge is 2.11. The van der Waals surface area contributed by atoms with Gasteiger partial charge < -0.3 is 5.32 Å². The zero-order valence-corrected chi connectivity index (χ0v) is 14.2. The molecule has 0 saturated carbocycles. The fourth-order valence-electron chi connectivity index (χ4n) is 2.02. The first-order valence-corrected chi connectivity index (χ1v) is 8.50. The maximum absolute atomic E-state index is 4.30. The first-order chi connectivity index (χ1) is 9.69. The van der Waals surface area contributed by atoms with Crippen LogP contribution >= 0.6 is 27.7 Å². The second kappa shape index (κ2) is 7.81. The SMILES string of the molecule is CCNC(CSc1cccc(Br)c1)c1cncc(C)c1. The van der Waals surface area contributed by atoms with Gasteiger partial charge in [0.2, 0.25) is 0 Å². The lowest BCUT2D eigenvalue weighted by Gasteiger charge is -2.18. The molecule has 4 heteroatoms. The molecule has 1 N–H and O–H groups in total. The molecule has 1 heterocycles. The van der Waals surface area contributed by atoms with Crippen LogP contribution in [0, 0.1) is 6.92 Å². The largest absolute Gasteiger partial charge is 0.309 e. The molecular formula is C16H19BrN2S. The van der Waals surface area contributed by atoms with E-state index in [1.165, 1.54) is 16.0 Å². The highest BCUT2D eigenvalue weighted by atomic mass is 79.9. The molecule has 0 bridgehead atoms. The molecule has 2 aromatic rings. The number of benzene rings is 1. The van der Waals surface area contributed by atoms with E-state index in [-0.39, 0.29) is 0 Å². The number of hydrogen-bond acceptors (Lipinski definition) is 3. The van der Waals surface area contributed by atoms with Crippen molar-refractivity contribution < 1.29 is 0 Å². The van der Waals surface area contributed by atoms with Crippen molar-refractivity contribution in [1.82, 2.24) is 10.3 Å². The van der Waals surface area contributed by atoms with E-state index < -0.39 is 0 Å². The second-order valence-corrected chi connectivity index (χ2v) is 6.68. The number of rotatable bonds is 6. The molecule has 0 radical (unpaired) electrons. The lowest BCUT2D eigenvalue weighted by molar-refractivity contribution is 0.603. The van der Waals surface area contributed by atoms with E-state index in [1.807, 2.05) is 24.2 Å². The van der Waals surface area contributed by atoms with Gasteiger partial charge in [-0.05, 0) is 42.8 Å². The van der Waals surface area contributed by atoms with Crippen molar-refractivity contribution >= 4 is 27.7 Å². The molecule has 1 aromatic carbocycles. The first kappa shape index (κ1) is 15.5. The number of halogens is 1. The van der Waals surface area contributed by atoms with Crippen LogP contribution in [-0.4, -0.2) is 17.3 Å². The summed E-state index contributed by atoms with van der Waals surface area (Å²) in [6, 6.07) is 11.0. The number of hydrogen-bond donors (Lipinski definition) is 1. The van der Waals surface area contributed by atoms with Gasteiger partial charge in [-0.2, -0.15) is 0 Å². The summed E-state index contributed by atoms with van der Waals surface area (Å²) in [5.74, 6) is 0.995. The third-order valence-electron chi connectivity index (χ3n) is 2.96. The average Bonchev–Trinajstić information content (AvgIpc) is 2.43. The molecule has 0 saturated heterocycles. The summed E-state index contributed by atoms with van der Waals surface area (Å²) < 4.78 is 1.12. The normalized spacial score (nSPS) is 12.3. The monoisotopic (exact) mass is 350 g/mol. The summed E-state index contributed by atoms with van der Waals surface area (Å²) in [6.45, 7) is 5.18. The number of nitrogens with zero attached hydrogens (tertiary/aromatic N) is 1. The average molecular weight is 351 g/mol. The van der Waals surface area contributed by atoms with Gasteiger partial charge in [-0.25, -0.2) is 0 Å². The number of nitrogens with one attached hydrogen (secondary N) is 1. The van der Waals surface area contributed by atoms with E-state index in [0.29, 0.717) is 6.04 Å². The molecule has 0 aliphatic carbocycles. The van der Waals surface area contributed by atoms with Crippen molar-refractivity contribution in [3.05, 3.63) is 58.3 Å². The van der Waals surface area contributed by atoms with Gasteiger partial charge in [0.25, 0.3) is 0 Å². The fraction of sp³-hybridized carbons (Fsp3) is 0.312. The molecule has 0 aliphatic rings. The number of aryl methyl sites for hydroxylation is 1. The Morgan fingerprint density at radius 3 is 2.85 bits per heavy atom. The van der Waals surface area contributed by atoms with Gasteiger partial charge in [0.05, 0.1) is 0 Å². The minimum absolute atomic E-state index is 0.330. The second-order valence-electron chi connectivity index (χ2n) is 4.67. The Bertz CT molecular complexity index is 560. The van der Waals surface area contributed by atoms with E-state index in [9.17, 15) is 0 Å². The van der Waals surface area contributed by atoms with Crippen LogP contribution in [0.4, 0.5) is 0 Å². The molecule has 1 atom stereocenters. The standard InChI is InChI=1S/C16H19BrN2S/c1-3-19-16(13-7-12(2)9-18-10-13)11-20-15-6-4-5-14(17)8-15/h4-10,16,19H,3,11H2,1-2H3. The molecule has 2 nitrogen and oxygen atoms in total. The van der Waals surface area contributed by atoms with Crippen LogP contribution in [0.25, 0.3) is 0 Å². The highest BCUT2D eigenvalue weighted by Crippen LogP contribution is 2.26. The topological polar surface area (TPSA) is 24.9 Å². The fourth-order valence-corrected chi connectivity index (χ4v) is 3.63. The van der Waals surface area contributed by atoms with Crippen LogP contribution in [0.15, 0.2) is 52.1 Å². The van der Waals surface area contributed by atoms with E-state index in [0.717, 1.165) is 16.8 Å². The third-order valence-corrected chi connectivity index (χ3v) is 4.54. The van der Waals surface area contributed by atoms with E-state index >= 15 is 0 Å². The van der Waals surface area contributed by atoms with Gasteiger partial charge >= 0.3 is 0 Å². The van der Waals surface area contributed by atoms with Crippen LogP contribution in [0.3, 0.4) is 0 Å². The molecule has 0 amide bonds. The molecule has 106 valence electrons. The molecule has 1 aromatic heterocycles. The maximum Gasteiger partial charge on any atom is 0.0430 e. The Morgan fingerprint density at radius 1 is 1.30 bits per heavy atom. The lowest BCUT2D eigenvalue weighted by atomic mass is 10.1. The zero-order valence-electron chi connectivity index (χ0n) is 11.8. The smallest absolute Gasteiger partial charge is 0.0430 e. The number of pyridine rings is 1. The van der Waals surface area contributed by atoms with Gasteiger partial charge in [-0.3, -0.25) is 4.98 Å². The highest BCUT2D eigenvalue weighted by molar-refractivity contribution is 9.10. The van der Waals surface area contributed by atoms with Crippen molar-refractivity contribution in [1.29, 1.82) is 0 Å². The lowest BCUT2D eigenvalue weighted by Crippen LogP contribution is -2.23. The van der Waals surface area contributed by atoms with Crippen LogP contribution in [0.2, 0.25) is 0 Å². The van der Waals surface area contributed by atoms with E-state index in [1.54, 1.807) is 0 Å². The Balaban J connectivity index is 2.06. The van der Waals surface area contributed by atoms with Crippen molar-refractivity contribution in [2.45, 2.75) is 24.8 Å². The van der Waals surface area contributed by atoms with Gasteiger partial charge in [-0.15, -0.1) is 11.8 Å². The number of thioether (sulfide) groups is 1. The summed E-state index contributed by atoms with van der Waals surface area (Å²) in [5.41, 5.74) is 2.47. The summed E-state index contributed by atoms with van der Waals surface area (Å²) in [5, 5.41) is 3.54. The van der Waals surface area contributed by atoms with Crippen LogP contribution < -0.4 is 5.32 Å². The summed E-state index contributed by atoms with van der Waals surface area (Å²) in [4.78, 5) is 5.58. The van der Waals surface area contributed by atoms with E-state index in [4.69, 9.17) is 0 Å². The minimum atomic E-state index is 0.330. The molecule has 0 aliphatic heterocycles. The van der Waals surface area contributed by atoms with Crippen LogP contribution in [-0.2, 0) is 0 Å².